The van der Waals surface area contributed by atoms with Crippen LogP contribution in [0.4, 0.5) is 0 Å². The molecular formula is C15H21NOS. The Bertz CT molecular complexity index is 397. The molecule has 0 spiro atoms. The quantitative estimate of drug-likeness (QED) is 0.904. The summed E-state index contributed by atoms with van der Waals surface area (Å²) in [5.74, 6) is 3.34. The van der Waals surface area contributed by atoms with Crippen molar-refractivity contribution in [2.45, 2.75) is 24.5 Å². The maximum Gasteiger partial charge on any atom is 0.0737 e. The third kappa shape index (κ3) is 2.44. The Balaban J connectivity index is 1.63. The number of nitrogens with zero attached hydrogens (tertiary/aromatic N) is 1. The molecule has 2 aliphatic rings. The Labute approximate surface area is 113 Å². The van der Waals surface area contributed by atoms with Crippen LogP contribution in [-0.4, -0.2) is 47.3 Å². The van der Waals surface area contributed by atoms with Crippen LogP contribution in [0.25, 0.3) is 0 Å². The number of thioether (sulfide) groups is 1. The minimum Gasteiger partial charge on any atom is -0.391 e. The number of benzene rings is 1. The van der Waals surface area contributed by atoms with Gasteiger partial charge in [0, 0.05) is 24.1 Å². The second-order valence-corrected chi connectivity index (χ2v) is 6.68. The molecular weight excluding hydrogens is 242 g/mol. The molecule has 1 aromatic rings. The van der Waals surface area contributed by atoms with E-state index in [0.717, 1.165) is 18.7 Å². The molecule has 0 bridgehead atoms. The molecule has 1 saturated carbocycles. The fourth-order valence-electron chi connectivity index (χ4n) is 3.03. The van der Waals surface area contributed by atoms with Gasteiger partial charge in [0.1, 0.15) is 0 Å². The predicted octanol–water partition coefficient (Wildman–Crippen LogP) is 2.20. The highest BCUT2D eigenvalue weighted by molar-refractivity contribution is 7.99. The van der Waals surface area contributed by atoms with E-state index in [1.54, 1.807) is 0 Å². The summed E-state index contributed by atoms with van der Waals surface area (Å²) < 4.78 is 0. The van der Waals surface area contributed by atoms with Crippen LogP contribution in [-0.2, 0) is 0 Å². The van der Waals surface area contributed by atoms with Gasteiger partial charge in [-0.05, 0) is 30.9 Å². The van der Waals surface area contributed by atoms with E-state index in [2.05, 4.69) is 42.3 Å². The van der Waals surface area contributed by atoms with E-state index < -0.39 is 0 Å². The molecule has 1 aromatic carbocycles. The zero-order valence-corrected chi connectivity index (χ0v) is 11.6. The lowest BCUT2D eigenvalue weighted by atomic mass is 10.0. The van der Waals surface area contributed by atoms with Gasteiger partial charge in [0.2, 0.25) is 0 Å². The molecule has 4 atom stereocenters. The van der Waals surface area contributed by atoms with E-state index in [0.29, 0.717) is 17.9 Å². The minimum absolute atomic E-state index is 0.159. The van der Waals surface area contributed by atoms with Crippen molar-refractivity contribution in [2.75, 3.05) is 25.1 Å². The van der Waals surface area contributed by atoms with Crippen LogP contribution in [0.15, 0.2) is 30.3 Å². The maximum absolute atomic E-state index is 10.6. The van der Waals surface area contributed by atoms with Gasteiger partial charge >= 0.3 is 0 Å². The zero-order valence-electron chi connectivity index (χ0n) is 10.8. The molecule has 1 N–H and O–H groups in total. The first-order chi connectivity index (χ1) is 8.77. The first-order valence-electron chi connectivity index (χ1n) is 6.78. The second-order valence-electron chi connectivity index (χ2n) is 5.53. The number of aliphatic hydroxyl groups is 1. The first-order valence-corrected chi connectivity index (χ1v) is 7.94. The molecule has 18 heavy (non-hydrogen) atoms. The number of likely N-dealkylation sites (N-methyl/N-ethyl adjacent to an activating group) is 1. The number of hydrogen-bond acceptors (Lipinski definition) is 3. The number of aliphatic hydroxyl groups excluding tert-OH is 1. The highest BCUT2D eigenvalue weighted by atomic mass is 32.2. The van der Waals surface area contributed by atoms with Crippen LogP contribution in [0.3, 0.4) is 0 Å². The predicted molar refractivity (Wildman–Crippen MR) is 77.0 cm³/mol. The van der Waals surface area contributed by atoms with E-state index >= 15 is 0 Å². The summed E-state index contributed by atoms with van der Waals surface area (Å²) >= 11 is 1.98. The van der Waals surface area contributed by atoms with Gasteiger partial charge in [0.15, 0.2) is 0 Å². The standard InChI is InChI=1S/C15H21NOS/c1-16-7-8-18-10-14(16)15(17)13-9-12(13)11-5-3-2-4-6-11/h2-6,12-15,17H,7-10H2,1H3. The third-order valence-corrected chi connectivity index (χ3v) is 5.39. The largest absolute Gasteiger partial charge is 0.391 e. The lowest BCUT2D eigenvalue weighted by Gasteiger charge is -2.35. The third-order valence-electron chi connectivity index (χ3n) is 4.34. The molecule has 1 saturated heterocycles. The van der Waals surface area contributed by atoms with Gasteiger partial charge in [-0.25, -0.2) is 0 Å². The van der Waals surface area contributed by atoms with Gasteiger partial charge in [-0.15, -0.1) is 0 Å². The summed E-state index contributed by atoms with van der Waals surface area (Å²) in [5.41, 5.74) is 1.40. The fraction of sp³-hybridized carbons (Fsp3) is 0.600. The smallest absolute Gasteiger partial charge is 0.0737 e. The Hall–Kier alpha value is -0.510. The van der Waals surface area contributed by atoms with Crippen LogP contribution in [0, 0.1) is 5.92 Å². The lowest BCUT2D eigenvalue weighted by Crippen LogP contribution is -2.48. The number of hydrogen-bond donors (Lipinski definition) is 1. The van der Waals surface area contributed by atoms with Gasteiger partial charge < -0.3 is 5.11 Å². The van der Waals surface area contributed by atoms with Crippen molar-refractivity contribution in [3.63, 3.8) is 0 Å². The normalized spacial score (nSPS) is 34.2. The van der Waals surface area contributed by atoms with Gasteiger partial charge in [-0.1, -0.05) is 30.3 Å². The van der Waals surface area contributed by atoms with Crippen LogP contribution >= 0.6 is 11.8 Å². The molecule has 4 unspecified atom stereocenters. The maximum atomic E-state index is 10.6. The molecule has 1 aliphatic heterocycles. The van der Waals surface area contributed by atoms with Crippen molar-refractivity contribution >= 4 is 11.8 Å². The Morgan fingerprint density at radius 1 is 1.33 bits per heavy atom. The van der Waals surface area contributed by atoms with E-state index in [1.165, 1.54) is 11.3 Å². The molecule has 0 aromatic heterocycles. The van der Waals surface area contributed by atoms with Crippen molar-refractivity contribution in [3.8, 4) is 0 Å². The van der Waals surface area contributed by atoms with E-state index in [1.807, 2.05) is 11.8 Å². The van der Waals surface area contributed by atoms with Gasteiger partial charge in [-0.3, -0.25) is 4.90 Å². The van der Waals surface area contributed by atoms with Crippen molar-refractivity contribution in [2.24, 2.45) is 5.92 Å². The van der Waals surface area contributed by atoms with E-state index in [9.17, 15) is 5.11 Å². The molecule has 1 aliphatic carbocycles. The molecule has 1 heterocycles. The first kappa shape index (κ1) is 12.5. The molecule has 3 heteroatoms. The summed E-state index contributed by atoms with van der Waals surface area (Å²) in [6.07, 6.45) is 0.994. The molecule has 2 fully saturated rings. The van der Waals surface area contributed by atoms with E-state index in [4.69, 9.17) is 0 Å². The summed E-state index contributed by atoms with van der Waals surface area (Å²) in [7, 11) is 2.15. The SMILES string of the molecule is CN1CCSCC1C(O)C1CC1c1ccccc1. The molecule has 0 radical (unpaired) electrons. The van der Waals surface area contributed by atoms with Crippen molar-refractivity contribution in [1.82, 2.24) is 4.90 Å². The van der Waals surface area contributed by atoms with Crippen molar-refractivity contribution in [3.05, 3.63) is 35.9 Å². The second kappa shape index (κ2) is 5.24. The van der Waals surface area contributed by atoms with Gasteiger partial charge in [0.05, 0.1) is 6.10 Å². The monoisotopic (exact) mass is 263 g/mol. The molecule has 2 nitrogen and oxygen atoms in total. The van der Waals surface area contributed by atoms with Gasteiger partial charge in [0.25, 0.3) is 0 Å². The fourth-order valence-corrected chi connectivity index (χ4v) is 4.30. The topological polar surface area (TPSA) is 23.5 Å². The Morgan fingerprint density at radius 3 is 2.83 bits per heavy atom. The van der Waals surface area contributed by atoms with Crippen LogP contribution < -0.4 is 0 Å². The average molecular weight is 263 g/mol. The van der Waals surface area contributed by atoms with Gasteiger partial charge in [-0.2, -0.15) is 11.8 Å². The van der Waals surface area contributed by atoms with Crippen LogP contribution in [0.2, 0.25) is 0 Å². The Morgan fingerprint density at radius 2 is 2.11 bits per heavy atom. The molecule has 3 rings (SSSR count). The summed E-state index contributed by atoms with van der Waals surface area (Å²) in [6, 6.07) is 11.0. The van der Waals surface area contributed by atoms with Crippen molar-refractivity contribution in [1.29, 1.82) is 0 Å². The number of rotatable bonds is 3. The summed E-state index contributed by atoms with van der Waals surface area (Å²) in [6.45, 7) is 1.11. The molecule has 0 amide bonds. The average Bonchev–Trinajstić information content (AvgIpc) is 3.20. The van der Waals surface area contributed by atoms with E-state index in [-0.39, 0.29) is 6.10 Å². The van der Waals surface area contributed by atoms with Crippen molar-refractivity contribution < 1.29 is 5.11 Å². The highest BCUT2D eigenvalue weighted by Gasteiger charge is 2.46. The van der Waals surface area contributed by atoms with Crippen LogP contribution in [0.5, 0.6) is 0 Å². The Kier molecular flexibility index (Phi) is 3.64. The highest BCUT2D eigenvalue weighted by Crippen LogP contribution is 2.50. The lowest BCUT2D eigenvalue weighted by molar-refractivity contribution is 0.0579. The molecule has 98 valence electrons. The minimum atomic E-state index is -0.159. The summed E-state index contributed by atoms with van der Waals surface area (Å²) in [5, 5.41) is 10.6. The summed E-state index contributed by atoms with van der Waals surface area (Å²) in [4.78, 5) is 2.33. The van der Waals surface area contributed by atoms with Crippen LogP contribution in [0.1, 0.15) is 17.9 Å². The zero-order chi connectivity index (χ0) is 12.5.